The minimum atomic E-state index is -0.113. The summed E-state index contributed by atoms with van der Waals surface area (Å²) in [6.45, 7) is 10.3. The van der Waals surface area contributed by atoms with E-state index < -0.39 is 0 Å². The molecule has 3 nitrogen and oxygen atoms in total. The van der Waals surface area contributed by atoms with Crippen molar-refractivity contribution in [3.05, 3.63) is 88.0 Å². The Kier molecular flexibility index (Phi) is 5.31. The van der Waals surface area contributed by atoms with Crippen LogP contribution in [0.1, 0.15) is 38.2 Å². The molecule has 2 N–H and O–H groups in total. The highest BCUT2D eigenvalue weighted by Gasteiger charge is 2.14. The number of carbonyl (C=O) groups excluding carboxylic acids is 1. The molecule has 0 aromatic heterocycles. The fourth-order valence-corrected chi connectivity index (χ4v) is 3.38. The Morgan fingerprint density at radius 2 is 1.37 bits per heavy atom. The van der Waals surface area contributed by atoms with Crippen LogP contribution >= 0.6 is 0 Å². The van der Waals surface area contributed by atoms with E-state index in [1.165, 1.54) is 16.7 Å². The number of nitrogens with one attached hydrogen (secondary N) is 2. The molecule has 0 aliphatic rings. The number of aryl methyl sites for hydroxylation is 4. The van der Waals surface area contributed by atoms with Crippen molar-refractivity contribution in [2.45, 2.75) is 34.6 Å². The van der Waals surface area contributed by atoms with Crippen molar-refractivity contribution in [2.24, 2.45) is 0 Å². The molecule has 0 fully saturated rings. The first-order chi connectivity index (χ1) is 12.9. The lowest BCUT2D eigenvalue weighted by Crippen LogP contribution is -2.15. The SMILES string of the molecule is Cc1cc(C)c(NC(=O)c2ccccc2Nc2cccc(C)c2C)c(C)c1. The van der Waals surface area contributed by atoms with Gasteiger partial charge in [0, 0.05) is 11.4 Å². The minimum Gasteiger partial charge on any atom is -0.355 e. The Labute approximate surface area is 161 Å². The molecule has 0 saturated carbocycles. The van der Waals surface area contributed by atoms with E-state index in [2.05, 4.69) is 49.6 Å². The highest BCUT2D eigenvalue weighted by molar-refractivity contribution is 6.09. The molecule has 0 spiro atoms. The van der Waals surface area contributed by atoms with E-state index in [9.17, 15) is 4.79 Å². The second-order valence-electron chi connectivity index (χ2n) is 7.15. The number of rotatable bonds is 4. The molecule has 3 aromatic rings. The smallest absolute Gasteiger partial charge is 0.257 e. The molecule has 1 amide bonds. The topological polar surface area (TPSA) is 41.1 Å². The predicted octanol–water partition coefficient (Wildman–Crippen LogP) is 6.22. The van der Waals surface area contributed by atoms with Crippen molar-refractivity contribution in [3.63, 3.8) is 0 Å². The maximum absolute atomic E-state index is 13.0. The number of anilines is 3. The molecule has 0 atom stereocenters. The number of benzene rings is 3. The van der Waals surface area contributed by atoms with Crippen molar-refractivity contribution in [1.82, 2.24) is 0 Å². The molecule has 27 heavy (non-hydrogen) atoms. The van der Waals surface area contributed by atoms with E-state index in [-0.39, 0.29) is 5.91 Å². The van der Waals surface area contributed by atoms with E-state index in [1.807, 2.05) is 50.2 Å². The normalized spacial score (nSPS) is 10.6. The molecule has 0 radical (unpaired) electrons. The minimum absolute atomic E-state index is 0.113. The molecule has 3 heteroatoms. The average Bonchev–Trinajstić information content (AvgIpc) is 2.62. The zero-order chi connectivity index (χ0) is 19.6. The summed E-state index contributed by atoms with van der Waals surface area (Å²) in [5.41, 5.74) is 9.04. The van der Waals surface area contributed by atoms with Gasteiger partial charge in [-0.25, -0.2) is 0 Å². The maximum atomic E-state index is 13.0. The third-order valence-corrected chi connectivity index (χ3v) is 4.96. The molecule has 3 aromatic carbocycles. The lowest BCUT2D eigenvalue weighted by molar-refractivity contribution is 0.102. The number of carbonyl (C=O) groups is 1. The van der Waals surface area contributed by atoms with Gasteiger partial charge in [0.15, 0.2) is 0 Å². The quantitative estimate of drug-likeness (QED) is 0.581. The molecule has 3 rings (SSSR count). The summed E-state index contributed by atoms with van der Waals surface area (Å²) in [6.07, 6.45) is 0. The number of hydrogen-bond acceptors (Lipinski definition) is 2. The summed E-state index contributed by atoms with van der Waals surface area (Å²) in [5, 5.41) is 6.52. The second kappa shape index (κ2) is 7.67. The van der Waals surface area contributed by atoms with Gasteiger partial charge in [0.1, 0.15) is 0 Å². The van der Waals surface area contributed by atoms with E-state index >= 15 is 0 Å². The van der Waals surface area contributed by atoms with Gasteiger partial charge in [0.2, 0.25) is 0 Å². The van der Waals surface area contributed by atoms with Crippen LogP contribution in [0.2, 0.25) is 0 Å². The second-order valence-corrected chi connectivity index (χ2v) is 7.15. The van der Waals surface area contributed by atoms with E-state index in [0.717, 1.165) is 28.2 Å². The predicted molar refractivity (Wildman–Crippen MR) is 114 cm³/mol. The van der Waals surface area contributed by atoms with Crippen LogP contribution in [0.4, 0.5) is 17.1 Å². The summed E-state index contributed by atoms with van der Waals surface area (Å²) in [5.74, 6) is -0.113. The number of amides is 1. The first-order valence-electron chi connectivity index (χ1n) is 9.18. The lowest BCUT2D eigenvalue weighted by Gasteiger charge is -2.17. The van der Waals surface area contributed by atoms with Gasteiger partial charge in [-0.15, -0.1) is 0 Å². The van der Waals surface area contributed by atoms with E-state index in [0.29, 0.717) is 5.56 Å². The summed E-state index contributed by atoms with van der Waals surface area (Å²) in [6, 6.07) is 17.9. The fourth-order valence-electron chi connectivity index (χ4n) is 3.38. The molecular formula is C24H26N2O. The van der Waals surface area contributed by atoms with Crippen LogP contribution in [0.3, 0.4) is 0 Å². The zero-order valence-electron chi connectivity index (χ0n) is 16.6. The monoisotopic (exact) mass is 358 g/mol. The van der Waals surface area contributed by atoms with E-state index in [4.69, 9.17) is 0 Å². The van der Waals surface area contributed by atoms with Gasteiger partial charge >= 0.3 is 0 Å². The van der Waals surface area contributed by atoms with Gasteiger partial charge in [0.25, 0.3) is 5.91 Å². The van der Waals surface area contributed by atoms with Gasteiger partial charge < -0.3 is 10.6 Å². The first-order valence-corrected chi connectivity index (χ1v) is 9.18. The highest BCUT2D eigenvalue weighted by Crippen LogP contribution is 2.27. The maximum Gasteiger partial charge on any atom is 0.257 e. The molecular weight excluding hydrogens is 332 g/mol. The van der Waals surface area contributed by atoms with Crippen LogP contribution in [-0.2, 0) is 0 Å². The van der Waals surface area contributed by atoms with Crippen LogP contribution in [0, 0.1) is 34.6 Å². The largest absolute Gasteiger partial charge is 0.355 e. The molecule has 0 bridgehead atoms. The number of hydrogen-bond donors (Lipinski definition) is 2. The van der Waals surface area contributed by atoms with Crippen LogP contribution < -0.4 is 10.6 Å². The molecule has 0 heterocycles. The lowest BCUT2D eigenvalue weighted by atomic mass is 10.0. The summed E-state index contributed by atoms with van der Waals surface area (Å²) < 4.78 is 0. The Morgan fingerprint density at radius 1 is 0.741 bits per heavy atom. The highest BCUT2D eigenvalue weighted by atomic mass is 16.1. The van der Waals surface area contributed by atoms with Crippen LogP contribution in [0.5, 0.6) is 0 Å². The molecule has 0 aliphatic heterocycles. The Morgan fingerprint density at radius 3 is 2.07 bits per heavy atom. The zero-order valence-corrected chi connectivity index (χ0v) is 16.6. The third kappa shape index (κ3) is 4.03. The third-order valence-electron chi connectivity index (χ3n) is 4.96. The van der Waals surface area contributed by atoms with Crippen molar-refractivity contribution >= 4 is 23.0 Å². The molecule has 0 unspecified atom stereocenters. The Hall–Kier alpha value is -3.07. The Balaban J connectivity index is 1.92. The van der Waals surface area contributed by atoms with Crippen LogP contribution in [-0.4, -0.2) is 5.91 Å². The van der Waals surface area contributed by atoms with Gasteiger partial charge in [0.05, 0.1) is 11.3 Å². The van der Waals surface area contributed by atoms with Crippen molar-refractivity contribution in [1.29, 1.82) is 0 Å². The fraction of sp³-hybridized carbons (Fsp3) is 0.208. The van der Waals surface area contributed by atoms with E-state index in [1.54, 1.807) is 0 Å². The van der Waals surface area contributed by atoms with Gasteiger partial charge in [-0.2, -0.15) is 0 Å². The first kappa shape index (κ1) is 18.7. The van der Waals surface area contributed by atoms with Gasteiger partial charge in [-0.05, 0) is 75.1 Å². The Bertz CT molecular complexity index is 982. The van der Waals surface area contributed by atoms with Crippen molar-refractivity contribution in [2.75, 3.05) is 10.6 Å². The summed E-state index contributed by atoms with van der Waals surface area (Å²) >= 11 is 0. The average molecular weight is 358 g/mol. The molecule has 138 valence electrons. The van der Waals surface area contributed by atoms with Crippen molar-refractivity contribution in [3.8, 4) is 0 Å². The summed E-state index contributed by atoms with van der Waals surface area (Å²) in [7, 11) is 0. The summed E-state index contributed by atoms with van der Waals surface area (Å²) in [4.78, 5) is 13.0. The van der Waals surface area contributed by atoms with Crippen molar-refractivity contribution < 1.29 is 4.79 Å². The van der Waals surface area contributed by atoms with Gasteiger partial charge in [-0.1, -0.05) is 42.0 Å². The van der Waals surface area contributed by atoms with Gasteiger partial charge in [-0.3, -0.25) is 4.79 Å². The number of para-hydroxylation sites is 1. The van der Waals surface area contributed by atoms with Crippen LogP contribution in [0.15, 0.2) is 54.6 Å². The standard InChI is InChI=1S/C24H26N2O/c1-15-13-17(3)23(18(4)14-15)26-24(27)20-10-6-7-11-22(20)25-21-12-8-9-16(2)19(21)5/h6-14,25H,1-5H3,(H,26,27). The molecule has 0 saturated heterocycles. The molecule has 0 aliphatic carbocycles. The van der Waals surface area contributed by atoms with Crippen LogP contribution in [0.25, 0.3) is 0 Å².